The molecule has 7 heteroatoms. The SMILES string of the molecule is CCN(C[C@@H]1COc2ccccc2O1)C(=O)CSc1nc2ccccc2o1. The normalized spacial score (nSPS) is 15.7. The summed E-state index contributed by atoms with van der Waals surface area (Å²) in [5.74, 6) is 1.75. The van der Waals surface area contributed by atoms with E-state index >= 15 is 0 Å². The molecule has 1 aromatic heterocycles. The minimum Gasteiger partial charge on any atom is -0.486 e. The van der Waals surface area contributed by atoms with Crippen LogP contribution in [0, 0.1) is 0 Å². The number of para-hydroxylation sites is 4. The van der Waals surface area contributed by atoms with Crippen LogP contribution >= 0.6 is 11.8 Å². The largest absolute Gasteiger partial charge is 0.486 e. The third-order valence-electron chi connectivity index (χ3n) is 4.32. The second kappa shape index (κ2) is 7.92. The Hall–Kier alpha value is -2.67. The quantitative estimate of drug-likeness (QED) is 0.605. The number of benzene rings is 2. The number of ether oxygens (including phenoxy) is 2. The van der Waals surface area contributed by atoms with Crippen LogP contribution in [0.5, 0.6) is 11.5 Å². The Kier molecular flexibility index (Phi) is 5.20. The number of carbonyl (C=O) groups excluding carboxylic acids is 1. The van der Waals surface area contributed by atoms with E-state index in [1.165, 1.54) is 11.8 Å². The van der Waals surface area contributed by atoms with Crippen molar-refractivity contribution < 1.29 is 18.7 Å². The molecule has 0 unspecified atom stereocenters. The van der Waals surface area contributed by atoms with Crippen LogP contribution in [0.15, 0.2) is 58.2 Å². The first-order chi connectivity index (χ1) is 13.2. The summed E-state index contributed by atoms with van der Waals surface area (Å²) in [4.78, 5) is 18.8. The molecule has 1 aliphatic rings. The monoisotopic (exact) mass is 384 g/mol. The van der Waals surface area contributed by atoms with Crippen LogP contribution in [-0.2, 0) is 4.79 Å². The lowest BCUT2D eigenvalue weighted by Crippen LogP contribution is -2.44. The van der Waals surface area contributed by atoms with Crippen LogP contribution in [-0.4, -0.2) is 47.3 Å². The van der Waals surface area contributed by atoms with Crippen LogP contribution in [0.3, 0.4) is 0 Å². The molecule has 2 heterocycles. The van der Waals surface area contributed by atoms with E-state index in [1.807, 2.05) is 55.5 Å². The standard InChI is InChI=1S/C20H20N2O4S/c1-2-22(11-14-12-24-17-9-5-6-10-18(17)25-14)19(23)13-27-20-21-15-7-3-4-8-16(15)26-20/h3-10,14H,2,11-13H2,1H3/t14-/m1/s1. The number of hydrogen-bond donors (Lipinski definition) is 0. The molecule has 3 aromatic rings. The molecule has 0 saturated heterocycles. The van der Waals surface area contributed by atoms with Crippen LogP contribution in [0.4, 0.5) is 0 Å². The number of amides is 1. The Morgan fingerprint density at radius 3 is 2.78 bits per heavy atom. The van der Waals surface area contributed by atoms with E-state index in [0.717, 1.165) is 22.6 Å². The summed E-state index contributed by atoms with van der Waals surface area (Å²) < 4.78 is 17.3. The highest BCUT2D eigenvalue weighted by Crippen LogP contribution is 2.31. The van der Waals surface area contributed by atoms with Gasteiger partial charge >= 0.3 is 0 Å². The fraction of sp³-hybridized carbons (Fsp3) is 0.300. The van der Waals surface area contributed by atoms with E-state index in [-0.39, 0.29) is 17.8 Å². The van der Waals surface area contributed by atoms with Crippen molar-refractivity contribution in [2.75, 3.05) is 25.4 Å². The van der Waals surface area contributed by atoms with Crippen molar-refractivity contribution in [3.8, 4) is 11.5 Å². The van der Waals surface area contributed by atoms with E-state index in [1.54, 1.807) is 4.90 Å². The fourth-order valence-electron chi connectivity index (χ4n) is 2.93. The van der Waals surface area contributed by atoms with Crippen molar-refractivity contribution in [2.45, 2.75) is 18.3 Å². The second-order valence-corrected chi connectivity index (χ2v) is 7.09. The number of rotatable bonds is 6. The highest BCUT2D eigenvalue weighted by atomic mass is 32.2. The first-order valence-corrected chi connectivity index (χ1v) is 9.86. The van der Waals surface area contributed by atoms with E-state index in [0.29, 0.717) is 24.9 Å². The van der Waals surface area contributed by atoms with Crippen LogP contribution in [0.2, 0.25) is 0 Å². The summed E-state index contributed by atoms with van der Waals surface area (Å²) in [6.45, 7) is 3.48. The van der Waals surface area contributed by atoms with Gasteiger partial charge in [0.2, 0.25) is 5.91 Å². The zero-order valence-electron chi connectivity index (χ0n) is 15.0. The molecule has 2 aromatic carbocycles. The van der Waals surface area contributed by atoms with Crippen LogP contribution < -0.4 is 9.47 Å². The number of oxazole rings is 1. The van der Waals surface area contributed by atoms with Gasteiger partial charge in [-0.25, -0.2) is 4.98 Å². The maximum absolute atomic E-state index is 12.6. The van der Waals surface area contributed by atoms with E-state index < -0.39 is 0 Å². The lowest BCUT2D eigenvalue weighted by molar-refractivity contribution is -0.129. The lowest BCUT2D eigenvalue weighted by atomic mass is 10.2. The van der Waals surface area contributed by atoms with Crippen molar-refractivity contribution in [1.82, 2.24) is 9.88 Å². The van der Waals surface area contributed by atoms with Crippen LogP contribution in [0.1, 0.15) is 6.92 Å². The van der Waals surface area contributed by atoms with E-state index in [2.05, 4.69) is 4.98 Å². The summed E-state index contributed by atoms with van der Waals surface area (Å²) in [7, 11) is 0. The number of nitrogens with zero attached hydrogens (tertiary/aromatic N) is 2. The van der Waals surface area contributed by atoms with Gasteiger partial charge in [0.25, 0.3) is 5.22 Å². The predicted molar refractivity (Wildman–Crippen MR) is 103 cm³/mol. The molecule has 0 fully saturated rings. The molecule has 0 aliphatic carbocycles. The number of thioether (sulfide) groups is 1. The maximum atomic E-state index is 12.6. The Bertz CT molecular complexity index is 909. The van der Waals surface area contributed by atoms with Crippen molar-refractivity contribution >= 4 is 28.8 Å². The average Bonchev–Trinajstić information content (AvgIpc) is 3.13. The topological polar surface area (TPSA) is 64.8 Å². The van der Waals surface area contributed by atoms with Crippen molar-refractivity contribution in [3.63, 3.8) is 0 Å². The van der Waals surface area contributed by atoms with Gasteiger partial charge in [-0.3, -0.25) is 4.79 Å². The minimum atomic E-state index is -0.182. The molecule has 0 radical (unpaired) electrons. The molecule has 1 amide bonds. The number of hydrogen-bond acceptors (Lipinski definition) is 6. The Labute approximate surface area is 161 Å². The van der Waals surface area contributed by atoms with E-state index in [9.17, 15) is 4.79 Å². The molecular weight excluding hydrogens is 364 g/mol. The van der Waals surface area contributed by atoms with Crippen molar-refractivity contribution in [3.05, 3.63) is 48.5 Å². The fourth-order valence-corrected chi connectivity index (χ4v) is 3.67. The highest BCUT2D eigenvalue weighted by Gasteiger charge is 2.25. The zero-order valence-corrected chi connectivity index (χ0v) is 15.8. The molecule has 0 spiro atoms. The van der Waals surface area contributed by atoms with Gasteiger partial charge in [-0.15, -0.1) is 0 Å². The lowest BCUT2D eigenvalue weighted by Gasteiger charge is -2.30. The van der Waals surface area contributed by atoms with Gasteiger partial charge in [0, 0.05) is 6.54 Å². The van der Waals surface area contributed by atoms with Gasteiger partial charge in [0.1, 0.15) is 12.1 Å². The van der Waals surface area contributed by atoms with Gasteiger partial charge in [-0.1, -0.05) is 36.0 Å². The third-order valence-corrected chi connectivity index (χ3v) is 5.13. The number of fused-ring (bicyclic) bond motifs is 2. The van der Waals surface area contributed by atoms with E-state index in [4.69, 9.17) is 13.9 Å². The summed E-state index contributed by atoms with van der Waals surface area (Å²) in [6, 6.07) is 15.1. The molecule has 6 nitrogen and oxygen atoms in total. The first kappa shape index (κ1) is 17.7. The third kappa shape index (κ3) is 4.03. The molecule has 1 atom stereocenters. The predicted octanol–water partition coefficient (Wildman–Crippen LogP) is 3.61. The van der Waals surface area contributed by atoms with Gasteiger partial charge in [0.15, 0.2) is 23.2 Å². The average molecular weight is 384 g/mol. The number of carbonyl (C=O) groups is 1. The van der Waals surface area contributed by atoms with Gasteiger partial charge in [-0.05, 0) is 31.2 Å². The Morgan fingerprint density at radius 2 is 1.96 bits per heavy atom. The van der Waals surface area contributed by atoms with Crippen molar-refractivity contribution in [1.29, 1.82) is 0 Å². The molecule has 0 N–H and O–H groups in total. The van der Waals surface area contributed by atoms with Gasteiger partial charge < -0.3 is 18.8 Å². The smallest absolute Gasteiger partial charge is 0.257 e. The summed E-state index contributed by atoms with van der Waals surface area (Å²) in [5.41, 5.74) is 1.53. The Morgan fingerprint density at radius 1 is 1.19 bits per heavy atom. The molecule has 140 valence electrons. The molecule has 0 saturated carbocycles. The number of aromatic nitrogens is 1. The maximum Gasteiger partial charge on any atom is 0.257 e. The number of likely N-dealkylation sites (N-methyl/N-ethyl adjacent to an activating group) is 1. The zero-order chi connectivity index (χ0) is 18.6. The summed E-state index contributed by atoms with van der Waals surface area (Å²) >= 11 is 1.31. The van der Waals surface area contributed by atoms with Gasteiger partial charge in [0.05, 0.1) is 12.3 Å². The molecular formula is C20H20N2O4S. The summed E-state index contributed by atoms with van der Waals surface area (Å²) in [5, 5.41) is 0.506. The minimum absolute atomic E-state index is 0.0206. The van der Waals surface area contributed by atoms with Crippen LogP contribution in [0.25, 0.3) is 11.1 Å². The first-order valence-electron chi connectivity index (χ1n) is 8.87. The van der Waals surface area contributed by atoms with Gasteiger partial charge in [-0.2, -0.15) is 0 Å². The highest BCUT2D eigenvalue weighted by molar-refractivity contribution is 7.99. The Balaban J connectivity index is 1.34. The molecule has 0 bridgehead atoms. The van der Waals surface area contributed by atoms with Crippen molar-refractivity contribution in [2.24, 2.45) is 0 Å². The molecule has 1 aliphatic heterocycles. The molecule has 4 rings (SSSR count). The molecule has 27 heavy (non-hydrogen) atoms. The summed E-state index contributed by atoms with van der Waals surface area (Å²) in [6.07, 6.45) is -0.182. The second-order valence-electron chi connectivity index (χ2n) is 6.17.